The van der Waals surface area contributed by atoms with Crippen molar-refractivity contribution >= 4 is 23.4 Å². The molecule has 2 heterocycles. The molecule has 3 nitrogen and oxygen atoms in total. The average molecular weight is 276 g/mol. The molecule has 0 saturated carbocycles. The van der Waals surface area contributed by atoms with Crippen LogP contribution < -0.4 is 10.6 Å². The molecule has 2 aliphatic heterocycles. The fraction of sp³-hybridized carbons (Fsp3) is 0.533. The van der Waals surface area contributed by atoms with Crippen molar-refractivity contribution in [3.63, 3.8) is 0 Å². The number of carbonyl (C=O) groups is 1. The van der Waals surface area contributed by atoms with Crippen molar-refractivity contribution in [3.8, 4) is 0 Å². The highest BCUT2D eigenvalue weighted by Gasteiger charge is 2.35. The van der Waals surface area contributed by atoms with E-state index < -0.39 is 0 Å². The quantitative estimate of drug-likeness (QED) is 0.922. The van der Waals surface area contributed by atoms with Crippen LogP contribution in [0.3, 0.4) is 0 Å². The van der Waals surface area contributed by atoms with Gasteiger partial charge in [0.1, 0.15) is 0 Å². The molecule has 2 aliphatic rings. The van der Waals surface area contributed by atoms with Crippen LogP contribution in [0, 0.1) is 0 Å². The molecule has 0 aromatic heterocycles. The van der Waals surface area contributed by atoms with E-state index in [0.29, 0.717) is 18.4 Å². The molecular formula is C15H20N2OS. The third-order valence-electron chi connectivity index (χ3n) is 4.06. The highest BCUT2D eigenvalue weighted by atomic mass is 32.2. The van der Waals surface area contributed by atoms with E-state index in [1.165, 1.54) is 12.0 Å². The van der Waals surface area contributed by atoms with Crippen molar-refractivity contribution in [2.24, 2.45) is 5.73 Å². The van der Waals surface area contributed by atoms with Crippen LogP contribution in [0.25, 0.3) is 0 Å². The number of nitrogens with two attached hydrogens (primary N) is 1. The summed E-state index contributed by atoms with van der Waals surface area (Å²) < 4.78 is 0. The molecule has 102 valence electrons. The zero-order valence-electron chi connectivity index (χ0n) is 11.0. The summed E-state index contributed by atoms with van der Waals surface area (Å²) in [7, 11) is 0. The minimum atomic E-state index is 0.171. The number of anilines is 1. The largest absolute Gasteiger partial charge is 0.330 e. The normalized spacial score (nSPS) is 25.6. The van der Waals surface area contributed by atoms with E-state index in [9.17, 15) is 4.79 Å². The van der Waals surface area contributed by atoms with Crippen molar-refractivity contribution in [1.82, 2.24) is 0 Å². The van der Waals surface area contributed by atoms with E-state index in [-0.39, 0.29) is 5.25 Å². The van der Waals surface area contributed by atoms with E-state index in [1.54, 1.807) is 0 Å². The Morgan fingerprint density at radius 3 is 3.00 bits per heavy atom. The lowest BCUT2D eigenvalue weighted by molar-refractivity contribution is -0.118. The summed E-state index contributed by atoms with van der Waals surface area (Å²) in [6.07, 6.45) is 3.16. The average Bonchev–Trinajstić information content (AvgIpc) is 3.07. The second kappa shape index (κ2) is 5.55. The van der Waals surface area contributed by atoms with E-state index in [2.05, 4.69) is 18.2 Å². The number of amides is 1. The van der Waals surface area contributed by atoms with Crippen LogP contribution in [0.4, 0.5) is 5.69 Å². The lowest BCUT2D eigenvalue weighted by Crippen LogP contribution is -2.36. The lowest BCUT2D eigenvalue weighted by Gasteiger charge is -2.21. The number of hydrogen-bond acceptors (Lipinski definition) is 3. The molecule has 1 saturated heterocycles. The second-order valence-electron chi connectivity index (χ2n) is 5.28. The summed E-state index contributed by atoms with van der Waals surface area (Å²) in [5.41, 5.74) is 8.11. The Morgan fingerprint density at radius 2 is 2.26 bits per heavy atom. The monoisotopic (exact) mass is 276 g/mol. The van der Waals surface area contributed by atoms with Crippen molar-refractivity contribution in [1.29, 1.82) is 0 Å². The maximum Gasteiger partial charge on any atom is 0.240 e. The van der Waals surface area contributed by atoms with E-state index >= 15 is 0 Å². The molecule has 4 heteroatoms. The molecule has 3 rings (SSSR count). The molecule has 0 spiro atoms. The molecule has 2 unspecified atom stereocenters. The highest BCUT2D eigenvalue weighted by molar-refractivity contribution is 8.00. The predicted molar refractivity (Wildman–Crippen MR) is 80.7 cm³/mol. The summed E-state index contributed by atoms with van der Waals surface area (Å²) in [5, 5.41) is 0.171. The predicted octanol–water partition coefficient (Wildman–Crippen LogP) is 2.36. The summed E-state index contributed by atoms with van der Waals surface area (Å²) in [6, 6.07) is 8.29. The Kier molecular flexibility index (Phi) is 3.80. The van der Waals surface area contributed by atoms with Crippen LogP contribution in [0.2, 0.25) is 0 Å². The molecule has 1 fully saturated rings. The standard InChI is InChI=1S/C15H20N2OS/c16-8-7-11-10-17(13-5-2-1-4-12(11)13)15(18)14-6-3-9-19-14/h1-2,4-5,11,14H,3,6-10,16H2. The van der Waals surface area contributed by atoms with Gasteiger partial charge in [-0.1, -0.05) is 18.2 Å². The molecule has 0 aliphatic carbocycles. The molecule has 0 bridgehead atoms. The Bertz CT molecular complexity index is 471. The van der Waals surface area contributed by atoms with Crippen LogP contribution >= 0.6 is 11.8 Å². The number of carbonyl (C=O) groups excluding carboxylic acids is 1. The first-order chi connectivity index (χ1) is 9.31. The van der Waals surface area contributed by atoms with Gasteiger partial charge in [-0.2, -0.15) is 0 Å². The van der Waals surface area contributed by atoms with Gasteiger partial charge in [-0.25, -0.2) is 0 Å². The number of fused-ring (bicyclic) bond motifs is 1. The first kappa shape index (κ1) is 13.0. The lowest BCUT2D eigenvalue weighted by atomic mass is 9.98. The first-order valence-corrected chi connectivity index (χ1v) is 8.08. The molecule has 1 aromatic carbocycles. The van der Waals surface area contributed by atoms with Crippen LogP contribution in [-0.2, 0) is 4.79 Å². The Hall–Kier alpha value is -1.00. The third kappa shape index (κ3) is 2.39. The van der Waals surface area contributed by atoms with E-state index in [1.807, 2.05) is 22.7 Å². The summed E-state index contributed by atoms with van der Waals surface area (Å²) in [5.74, 6) is 1.84. The molecule has 19 heavy (non-hydrogen) atoms. The summed E-state index contributed by atoms with van der Waals surface area (Å²) >= 11 is 1.81. The van der Waals surface area contributed by atoms with Gasteiger partial charge in [0.25, 0.3) is 0 Å². The number of benzene rings is 1. The third-order valence-corrected chi connectivity index (χ3v) is 5.42. The number of para-hydroxylation sites is 1. The Balaban J connectivity index is 1.85. The number of hydrogen-bond donors (Lipinski definition) is 1. The maximum absolute atomic E-state index is 12.6. The van der Waals surface area contributed by atoms with Crippen molar-refractivity contribution in [2.45, 2.75) is 30.4 Å². The van der Waals surface area contributed by atoms with Crippen LogP contribution in [0.5, 0.6) is 0 Å². The van der Waals surface area contributed by atoms with Crippen molar-refractivity contribution < 1.29 is 4.79 Å². The van der Waals surface area contributed by atoms with Gasteiger partial charge in [-0.05, 0) is 43.2 Å². The van der Waals surface area contributed by atoms with Gasteiger partial charge in [0, 0.05) is 18.2 Å². The molecular weight excluding hydrogens is 256 g/mol. The molecule has 1 amide bonds. The Morgan fingerprint density at radius 1 is 1.42 bits per heavy atom. The van der Waals surface area contributed by atoms with E-state index in [0.717, 1.165) is 30.8 Å². The van der Waals surface area contributed by atoms with Crippen molar-refractivity contribution in [3.05, 3.63) is 29.8 Å². The van der Waals surface area contributed by atoms with Crippen LogP contribution in [0.15, 0.2) is 24.3 Å². The van der Waals surface area contributed by atoms with Gasteiger partial charge in [0.2, 0.25) is 5.91 Å². The van der Waals surface area contributed by atoms with Gasteiger partial charge in [0.15, 0.2) is 0 Å². The topological polar surface area (TPSA) is 46.3 Å². The van der Waals surface area contributed by atoms with Gasteiger partial charge >= 0.3 is 0 Å². The number of thioether (sulfide) groups is 1. The van der Waals surface area contributed by atoms with Crippen LogP contribution in [0.1, 0.15) is 30.7 Å². The summed E-state index contributed by atoms with van der Waals surface area (Å²) in [6.45, 7) is 1.49. The van der Waals surface area contributed by atoms with Gasteiger partial charge < -0.3 is 10.6 Å². The zero-order valence-corrected chi connectivity index (χ0v) is 11.9. The molecule has 2 N–H and O–H groups in total. The highest BCUT2D eigenvalue weighted by Crippen LogP contribution is 2.40. The second-order valence-corrected chi connectivity index (χ2v) is 6.59. The van der Waals surface area contributed by atoms with Gasteiger partial charge in [0.05, 0.1) is 5.25 Å². The minimum Gasteiger partial charge on any atom is -0.330 e. The Labute approximate surface area is 118 Å². The molecule has 2 atom stereocenters. The van der Waals surface area contributed by atoms with Crippen LogP contribution in [-0.4, -0.2) is 30.0 Å². The van der Waals surface area contributed by atoms with Gasteiger partial charge in [-0.15, -0.1) is 11.8 Å². The first-order valence-electron chi connectivity index (χ1n) is 7.03. The molecule has 0 radical (unpaired) electrons. The minimum absolute atomic E-state index is 0.171. The molecule has 1 aromatic rings. The smallest absolute Gasteiger partial charge is 0.240 e. The maximum atomic E-state index is 12.6. The summed E-state index contributed by atoms with van der Waals surface area (Å²) in [4.78, 5) is 14.6. The zero-order chi connectivity index (χ0) is 13.2. The SMILES string of the molecule is NCCC1CN(C(=O)C2CCCS2)c2ccccc21. The van der Waals surface area contributed by atoms with Gasteiger partial charge in [-0.3, -0.25) is 4.79 Å². The number of nitrogens with zero attached hydrogens (tertiary/aromatic N) is 1. The fourth-order valence-electron chi connectivity index (χ4n) is 3.10. The number of rotatable bonds is 3. The van der Waals surface area contributed by atoms with E-state index in [4.69, 9.17) is 5.73 Å². The fourth-order valence-corrected chi connectivity index (χ4v) is 4.32. The van der Waals surface area contributed by atoms with Crippen molar-refractivity contribution in [2.75, 3.05) is 23.7 Å².